The molecule has 0 fully saturated rings. The third-order valence-electron chi connectivity index (χ3n) is 3.17. The minimum absolute atomic E-state index is 0.603. The molecule has 1 aromatic carbocycles. The Kier molecular flexibility index (Phi) is 3.54. The van der Waals surface area contributed by atoms with Gasteiger partial charge < -0.3 is 9.47 Å². The zero-order valence-electron chi connectivity index (χ0n) is 11.3. The molecule has 102 valence electrons. The molecule has 2 aromatic heterocycles. The van der Waals surface area contributed by atoms with E-state index in [4.69, 9.17) is 9.47 Å². The van der Waals surface area contributed by atoms with E-state index in [1.165, 1.54) is 0 Å². The van der Waals surface area contributed by atoms with Gasteiger partial charge in [-0.1, -0.05) is 12.1 Å². The van der Waals surface area contributed by atoms with Gasteiger partial charge in [0.05, 0.1) is 19.2 Å². The van der Waals surface area contributed by atoms with Gasteiger partial charge in [-0.15, -0.1) is 0 Å². The maximum Gasteiger partial charge on any atom is 0.123 e. The van der Waals surface area contributed by atoms with Crippen molar-refractivity contribution in [2.24, 2.45) is 0 Å². The van der Waals surface area contributed by atoms with Crippen molar-refractivity contribution in [3.05, 3.63) is 60.4 Å². The number of hydrogen-bond donors (Lipinski definition) is 0. The first-order valence-corrected chi connectivity index (χ1v) is 6.55. The van der Waals surface area contributed by atoms with Crippen molar-refractivity contribution in [1.29, 1.82) is 0 Å². The summed E-state index contributed by atoms with van der Waals surface area (Å²) in [6.07, 6.45) is 2.61. The van der Waals surface area contributed by atoms with Crippen LogP contribution >= 0.6 is 0 Å². The van der Waals surface area contributed by atoms with Crippen molar-refractivity contribution < 1.29 is 9.47 Å². The Morgan fingerprint density at radius 3 is 2.80 bits per heavy atom. The van der Waals surface area contributed by atoms with E-state index in [1.807, 2.05) is 53.2 Å². The molecule has 0 N–H and O–H groups in total. The SMILES string of the molecule is COc1cccc(OCCc2cccc3ccnn23)c1. The summed E-state index contributed by atoms with van der Waals surface area (Å²) < 4.78 is 12.9. The largest absolute Gasteiger partial charge is 0.497 e. The molecule has 0 bridgehead atoms. The van der Waals surface area contributed by atoms with Gasteiger partial charge in [0.2, 0.25) is 0 Å². The lowest BCUT2D eigenvalue weighted by atomic mass is 10.2. The monoisotopic (exact) mass is 268 g/mol. The van der Waals surface area contributed by atoms with Crippen LogP contribution in [0.2, 0.25) is 0 Å². The van der Waals surface area contributed by atoms with Crippen LogP contribution in [-0.4, -0.2) is 23.3 Å². The fourth-order valence-corrected chi connectivity index (χ4v) is 2.16. The minimum Gasteiger partial charge on any atom is -0.497 e. The summed E-state index contributed by atoms with van der Waals surface area (Å²) in [5, 5.41) is 4.31. The quantitative estimate of drug-likeness (QED) is 0.713. The molecule has 0 saturated heterocycles. The first-order valence-electron chi connectivity index (χ1n) is 6.55. The number of methoxy groups -OCH3 is 1. The molecule has 3 rings (SSSR count). The maximum atomic E-state index is 5.76. The van der Waals surface area contributed by atoms with Crippen LogP contribution in [0, 0.1) is 0 Å². The predicted octanol–water partition coefficient (Wildman–Crippen LogP) is 2.96. The summed E-state index contributed by atoms with van der Waals surface area (Å²) in [5.41, 5.74) is 2.24. The molecule has 0 aliphatic heterocycles. The minimum atomic E-state index is 0.603. The molecule has 0 unspecified atom stereocenters. The van der Waals surface area contributed by atoms with Gasteiger partial charge in [-0.05, 0) is 30.3 Å². The molecule has 0 saturated carbocycles. The molecule has 20 heavy (non-hydrogen) atoms. The Labute approximate surface area is 117 Å². The number of rotatable bonds is 5. The van der Waals surface area contributed by atoms with Crippen molar-refractivity contribution in [2.45, 2.75) is 6.42 Å². The molecular formula is C16H16N2O2. The second kappa shape index (κ2) is 5.65. The molecular weight excluding hydrogens is 252 g/mol. The molecule has 0 radical (unpaired) electrons. The molecule has 0 atom stereocenters. The van der Waals surface area contributed by atoms with Crippen molar-refractivity contribution in [2.75, 3.05) is 13.7 Å². The lowest BCUT2D eigenvalue weighted by Crippen LogP contribution is -2.06. The third kappa shape index (κ3) is 2.59. The molecule has 0 aliphatic carbocycles. The van der Waals surface area contributed by atoms with Crippen LogP contribution in [0.15, 0.2) is 54.7 Å². The summed E-state index contributed by atoms with van der Waals surface area (Å²) >= 11 is 0. The maximum absolute atomic E-state index is 5.76. The number of aromatic nitrogens is 2. The third-order valence-corrected chi connectivity index (χ3v) is 3.17. The van der Waals surface area contributed by atoms with Gasteiger partial charge in [-0.2, -0.15) is 5.10 Å². The van der Waals surface area contributed by atoms with Crippen LogP contribution in [0.4, 0.5) is 0 Å². The highest BCUT2D eigenvalue weighted by Gasteiger charge is 2.02. The summed E-state index contributed by atoms with van der Waals surface area (Å²) in [7, 11) is 1.65. The summed E-state index contributed by atoms with van der Waals surface area (Å²) in [6.45, 7) is 0.603. The van der Waals surface area contributed by atoms with Crippen LogP contribution in [0.25, 0.3) is 5.52 Å². The lowest BCUT2D eigenvalue weighted by Gasteiger charge is -2.08. The second-order valence-electron chi connectivity index (χ2n) is 4.46. The average Bonchev–Trinajstić information content (AvgIpc) is 2.97. The Balaban J connectivity index is 1.66. The molecule has 3 aromatic rings. The number of pyridine rings is 1. The van der Waals surface area contributed by atoms with Gasteiger partial charge in [0.15, 0.2) is 0 Å². The molecule has 0 spiro atoms. The van der Waals surface area contributed by atoms with Gasteiger partial charge >= 0.3 is 0 Å². The van der Waals surface area contributed by atoms with Gasteiger partial charge in [0, 0.05) is 24.4 Å². The fraction of sp³-hybridized carbons (Fsp3) is 0.188. The van der Waals surface area contributed by atoms with E-state index < -0.39 is 0 Å². The van der Waals surface area contributed by atoms with E-state index >= 15 is 0 Å². The normalized spacial score (nSPS) is 10.7. The molecule has 4 heteroatoms. The molecule has 2 heterocycles. The van der Waals surface area contributed by atoms with Crippen LogP contribution in [0.5, 0.6) is 11.5 Å². The summed E-state index contributed by atoms with van der Waals surface area (Å²) in [6, 6.07) is 15.8. The molecule has 4 nitrogen and oxygen atoms in total. The number of fused-ring (bicyclic) bond motifs is 1. The highest BCUT2D eigenvalue weighted by Crippen LogP contribution is 2.19. The zero-order chi connectivity index (χ0) is 13.8. The number of ether oxygens (including phenoxy) is 2. The Morgan fingerprint density at radius 2 is 1.90 bits per heavy atom. The van der Waals surface area contributed by atoms with Crippen LogP contribution in [0.3, 0.4) is 0 Å². The smallest absolute Gasteiger partial charge is 0.123 e. The lowest BCUT2D eigenvalue weighted by molar-refractivity contribution is 0.316. The van der Waals surface area contributed by atoms with Crippen LogP contribution in [-0.2, 0) is 6.42 Å². The highest BCUT2D eigenvalue weighted by atomic mass is 16.5. The van der Waals surface area contributed by atoms with E-state index in [0.29, 0.717) is 6.61 Å². The summed E-state index contributed by atoms with van der Waals surface area (Å²) in [5.74, 6) is 1.62. The summed E-state index contributed by atoms with van der Waals surface area (Å²) in [4.78, 5) is 0. The van der Waals surface area contributed by atoms with Gasteiger partial charge in [-0.3, -0.25) is 0 Å². The first-order chi connectivity index (χ1) is 9.86. The van der Waals surface area contributed by atoms with Crippen molar-refractivity contribution in [1.82, 2.24) is 9.61 Å². The van der Waals surface area contributed by atoms with E-state index in [2.05, 4.69) is 11.2 Å². The number of nitrogens with zero attached hydrogens (tertiary/aromatic N) is 2. The van der Waals surface area contributed by atoms with Gasteiger partial charge in [-0.25, -0.2) is 4.52 Å². The Bertz CT molecular complexity index is 706. The zero-order valence-corrected chi connectivity index (χ0v) is 11.3. The average molecular weight is 268 g/mol. The van der Waals surface area contributed by atoms with E-state index in [-0.39, 0.29) is 0 Å². The van der Waals surface area contributed by atoms with Gasteiger partial charge in [0.1, 0.15) is 11.5 Å². The molecule has 0 aliphatic rings. The first kappa shape index (κ1) is 12.5. The Hall–Kier alpha value is -2.49. The highest BCUT2D eigenvalue weighted by molar-refractivity contribution is 5.46. The predicted molar refractivity (Wildman–Crippen MR) is 77.4 cm³/mol. The van der Waals surface area contributed by atoms with Crippen molar-refractivity contribution in [3.8, 4) is 11.5 Å². The van der Waals surface area contributed by atoms with Crippen molar-refractivity contribution >= 4 is 5.52 Å². The fourth-order valence-electron chi connectivity index (χ4n) is 2.16. The van der Waals surface area contributed by atoms with Gasteiger partial charge in [0.25, 0.3) is 0 Å². The topological polar surface area (TPSA) is 35.8 Å². The Morgan fingerprint density at radius 1 is 1.05 bits per heavy atom. The van der Waals surface area contributed by atoms with E-state index in [0.717, 1.165) is 29.1 Å². The van der Waals surface area contributed by atoms with Crippen LogP contribution < -0.4 is 9.47 Å². The second-order valence-corrected chi connectivity index (χ2v) is 4.46. The molecule has 0 amide bonds. The van der Waals surface area contributed by atoms with Crippen LogP contribution in [0.1, 0.15) is 5.69 Å². The number of benzene rings is 1. The number of hydrogen-bond acceptors (Lipinski definition) is 3. The van der Waals surface area contributed by atoms with Crippen molar-refractivity contribution in [3.63, 3.8) is 0 Å². The van der Waals surface area contributed by atoms with E-state index in [1.54, 1.807) is 7.11 Å². The standard InChI is InChI=1S/C16H16N2O2/c1-19-15-6-3-7-16(12-15)20-11-9-14-5-2-4-13-8-10-17-18(13)14/h2-8,10,12H,9,11H2,1H3. The van der Waals surface area contributed by atoms with E-state index in [9.17, 15) is 0 Å².